The lowest BCUT2D eigenvalue weighted by Crippen LogP contribution is -2.28. The average Bonchev–Trinajstić information content (AvgIpc) is 2.26. The van der Waals surface area contributed by atoms with Crippen molar-refractivity contribution in [3.8, 4) is 0 Å². The van der Waals surface area contributed by atoms with E-state index in [1.54, 1.807) is 0 Å². The molecule has 0 fully saturated rings. The van der Waals surface area contributed by atoms with Gasteiger partial charge in [-0.25, -0.2) is 0 Å². The number of hydrogen-bond donors (Lipinski definition) is 1. The van der Waals surface area contributed by atoms with Crippen molar-refractivity contribution in [2.45, 2.75) is 52.7 Å². The summed E-state index contributed by atoms with van der Waals surface area (Å²) in [7, 11) is 0. The molecule has 1 atom stereocenters. The van der Waals surface area contributed by atoms with Crippen molar-refractivity contribution in [3.05, 3.63) is 34.9 Å². The van der Waals surface area contributed by atoms with Gasteiger partial charge in [0.05, 0.1) is 18.2 Å². The summed E-state index contributed by atoms with van der Waals surface area (Å²) in [5.41, 5.74) is 9.80. The summed E-state index contributed by atoms with van der Waals surface area (Å²) in [6.07, 6.45) is 0.993. The predicted octanol–water partition coefficient (Wildman–Crippen LogP) is 3.51. The molecule has 0 saturated heterocycles. The Balaban J connectivity index is 2.67. The van der Waals surface area contributed by atoms with Gasteiger partial charge in [0.1, 0.15) is 0 Å². The van der Waals surface area contributed by atoms with Gasteiger partial charge in [-0.3, -0.25) is 0 Å². The highest BCUT2D eigenvalue weighted by Crippen LogP contribution is 2.21. The topological polar surface area (TPSA) is 35.2 Å². The van der Waals surface area contributed by atoms with Gasteiger partial charge in [0.15, 0.2) is 0 Å². The highest BCUT2D eigenvalue weighted by Gasteiger charge is 2.18. The summed E-state index contributed by atoms with van der Waals surface area (Å²) in [5, 5.41) is 0. The van der Waals surface area contributed by atoms with Crippen molar-refractivity contribution in [1.82, 2.24) is 0 Å². The molecule has 1 rings (SSSR count). The SMILES string of the molecule is CCC(C)(C)OCC(N)c1ccc(C)cc1C. The van der Waals surface area contributed by atoms with Crippen LogP contribution in [0.15, 0.2) is 18.2 Å². The van der Waals surface area contributed by atoms with Gasteiger partial charge in [-0.2, -0.15) is 0 Å². The highest BCUT2D eigenvalue weighted by molar-refractivity contribution is 5.32. The van der Waals surface area contributed by atoms with Crippen LogP contribution in [0.3, 0.4) is 0 Å². The van der Waals surface area contributed by atoms with E-state index in [0.29, 0.717) is 6.61 Å². The Morgan fingerprint density at radius 2 is 1.94 bits per heavy atom. The summed E-state index contributed by atoms with van der Waals surface area (Å²) < 4.78 is 5.86. The molecule has 2 heteroatoms. The molecule has 0 aliphatic carbocycles. The Morgan fingerprint density at radius 3 is 2.47 bits per heavy atom. The minimum Gasteiger partial charge on any atom is -0.374 e. The second kappa shape index (κ2) is 5.65. The molecule has 1 aromatic rings. The molecule has 0 heterocycles. The molecule has 0 aliphatic rings. The van der Waals surface area contributed by atoms with Gasteiger partial charge in [0.2, 0.25) is 0 Å². The van der Waals surface area contributed by atoms with E-state index in [4.69, 9.17) is 10.5 Å². The molecule has 1 unspecified atom stereocenters. The van der Waals surface area contributed by atoms with Crippen LogP contribution in [-0.2, 0) is 4.74 Å². The van der Waals surface area contributed by atoms with Gasteiger partial charge in [-0.05, 0) is 45.2 Å². The monoisotopic (exact) mass is 235 g/mol. The molecule has 0 saturated carbocycles. The van der Waals surface area contributed by atoms with Gasteiger partial charge in [0.25, 0.3) is 0 Å². The van der Waals surface area contributed by atoms with Crippen LogP contribution in [0, 0.1) is 13.8 Å². The second-order valence-electron chi connectivity index (χ2n) is 5.39. The Morgan fingerprint density at radius 1 is 1.29 bits per heavy atom. The maximum atomic E-state index is 6.18. The van der Waals surface area contributed by atoms with Gasteiger partial charge < -0.3 is 10.5 Å². The van der Waals surface area contributed by atoms with E-state index in [-0.39, 0.29) is 11.6 Å². The first-order valence-electron chi connectivity index (χ1n) is 6.32. The van der Waals surface area contributed by atoms with Gasteiger partial charge >= 0.3 is 0 Å². The zero-order valence-corrected chi connectivity index (χ0v) is 11.7. The van der Waals surface area contributed by atoms with Crippen LogP contribution in [0.25, 0.3) is 0 Å². The van der Waals surface area contributed by atoms with Crippen LogP contribution < -0.4 is 5.73 Å². The van der Waals surface area contributed by atoms with E-state index in [9.17, 15) is 0 Å². The molecule has 0 aromatic heterocycles. The van der Waals surface area contributed by atoms with E-state index in [0.717, 1.165) is 6.42 Å². The Bertz CT molecular complexity index is 371. The molecule has 2 nitrogen and oxygen atoms in total. The van der Waals surface area contributed by atoms with Crippen LogP contribution in [0.1, 0.15) is 49.9 Å². The van der Waals surface area contributed by atoms with Gasteiger partial charge in [-0.1, -0.05) is 30.7 Å². The molecule has 0 spiro atoms. The summed E-state index contributed by atoms with van der Waals surface area (Å²) >= 11 is 0. The average molecular weight is 235 g/mol. The van der Waals surface area contributed by atoms with Gasteiger partial charge in [0, 0.05) is 0 Å². The maximum absolute atomic E-state index is 6.18. The third kappa shape index (κ3) is 4.14. The van der Waals surface area contributed by atoms with Crippen molar-refractivity contribution >= 4 is 0 Å². The smallest absolute Gasteiger partial charge is 0.0666 e. The van der Waals surface area contributed by atoms with Crippen LogP contribution in [0.5, 0.6) is 0 Å². The number of aryl methyl sites for hydroxylation is 2. The number of nitrogens with two attached hydrogens (primary N) is 1. The van der Waals surface area contributed by atoms with Crippen molar-refractivity contribution in [2.24, 2.45) is 5.73 Å². The van der Waals surface area contributed by atoms with Crippen molar-refractivity contribution in [3.63, 3.8) is 0 Å². The van der Waals surface area contributed by atoms with Gasteiger partial charge in [-0.15, -0.1) is 0 Å². The molecule has 0 aliphatic heterocycles. The van der Waals surface area contributed by atoms with E-state index < -0.39 is 0 Å². The van der Waals surface area contributed by atoms with Crippen LogP contribution in [-0.4, -0.2) is 12.2 Å². The lowest BCUT2D eigenvalue weighted by molar-refractivity contribution is -0.0267. The summed E-state index contributed by atoms with van der Waals surface area (Å²) in [5.74, 6) is 0. The van der Waals surface area contributed by atoms with Crippen LogP contribution in [0.4, 0.5) is 0 Å². The number of ether oxygens (including phenoxy) is 1. The van der Waals surface area contributed by atoms with Crippen molar-refractivity contribution < 1.29 is 4.74 Å². The standard InChI is InChI=1S/C15H25NO/c1-6-15(4,5)17-10-14(16)13-8-7-11(2)9-12(13)3/h7-9,14H,6,10,16H2,1-5H3. The lowest BCUT2D eigenvalue weighted by atomic mass is 10.00. The van der Waals surface area contributed by atoms with E-state index >= 15 is 0 Å². The largest absolute Gasteiger partial charge is 0.374 e. The van der Waals surface area contributed by atoms with E-state index in [1.807, 2.05) is 0 Å². The zero-order valence-electron chi connectivity index (χ0n) is 11.7. The Kier molecular flexibility index (Phi) is 4.72. The first kappa shape index (κ1) is 14.2. The Labute approximate surface area is 105 Å². The fourth-order valence-electron chi connectivity index (χ4n) is 1.75. The minimum absolute atomic E-state index is 0.0403. The summed E-state index contributed by atoms with van der Waals surface area (Å²) in [4.78, 5) is 0. The minimum atomic E-state index is -0.0871. The molecule has 0 radical (unpaired) electrons. The van der Waals surface area contributed by atoms with E-state index in [2.05, 4.69) is 52.8 Å². The van der Waals surface area contributed by atoms with Crippen molar-refractivity contribution in [1.29, 1.82) is 0 Å². The summed E-state index contributed by atoms with van der Waals surface area (Å²) in [6, 6.07) is 6.34. The predicted molar refractivity (Wildman–Crippen MR) is 73.2 cm³/mol. The molecule has 96 valence electrons. The molecule has 2 N–H and O–H groups in total. The quantitative estimate of drug-likeness (QED) is 0.847. The molecular formula is C15H25NO. The summed E-state index contributed by atoms with van der Waals surface area (Å²) in [6.45, 7) is 11.1. The number of benzene rings is 1. The maximum Gasteiger partial charge on any atom is 0.0666 e. The number of hydrogen-bond acceptors (Lipinski definition) is 2. The van der Waals surface area contributed by atoms with E-state index in [1.165, 1.54) is 16.7 Å². The van der Waals surface area contributed by atoms with Crippen LogP contribution >= 0.6 is 0 Å². The second-order valence-corrected chi connectivity index (χ2v) is 5.39. The first-order valence-corrected chi connectivity index (χ1v) is 6.32. The molecular weight excluding hydrogens is 210 g/mol. The third-order valence-electron chi connectivity index (χ3n) is 3.33. The van der Waals surface area contributed by atoms with Crippen LogP contribution in [0.2, 0.25) is 0 Å². The molecule has 0 amide bonds. The van der Waals surface area contributed by atoms with Crippen molar-refractivity contribution in [2.75, 3.05) is 6.61 Å². The lowest BCUT2D eigenvalue weighted by Gasteiger charge is -2.26. The molecule has 1 aromatic carbocycles. The third-order valence-corrected chi connectivity index (χ3v) is 3.33. The number of rotatable bonds is 5. The normalized spacial score (nSPS) is 13.8. The fourth-order valence-corrected chi connectivity index (χ4v) is 1.75. The fraction of sp³-hybridized carbons (Fsp3) is 0.600. The molecule has 0 bridgehead atoms. The molecule has 17 heavy (non-hydrogen) atoms. The highest BCUT2D eigenvalue weighted by atomic mass is 16.5. The Hall–Kier alpha value is -0.860. The zero-order chi connectivity index (χ0) is 13.1. The first-order chi connectivity index (χ1) is 7.85.